The van der Waals surface area contributed by atoms with Gasteiger partial charge in [0.15, 0.2) is 0 Å². The lowest BCUT2D eigenvalue weighted by atomic mass is 9.95. The van der Waals surface area contributed by atoms with E-state index in [9.17, 15) is 4.79 Å². The lowest BCUT2D eigenvalue weighted by molar-refractivity contribution is -0.140. The highest BCUT2D eigenvalue weighted by molar-refractivity contribution is 5.85. The monoisotopic (exact) mass is 208 g/mol. The van der Waals surface area contributed by atoms with Crippen molar-refractivity contribution in [1.82, 2.24) is 10.2 Å². The lowest BCUT2D eigenvalue weighted by Gasteiger charge is -2.39. The van der Waals surface area contributed by atoms with Crippen molar-refractivity contribution >= 4 is 5.91 Å². The lowest BCUT2D eigenvalue weighted by Crippen LogP contribution is -2.52. The summed E-state index contributed by atoms with van der Waals surface area (Å²) in [7, 11) is 0. The third-order valence-corrected chi connectivity index (χ3v) is 4.40. The Balaban J connectivity index is 1.76. The van der Waals surface area contributed by atoms with Crippen LogP contribution in [0.4, 0.5) is 0 Å². The molecule has 2 atom stereocenters. The molecule has 1 saturated carbocycles. The van der Waals surface area contributed by atoms with Crippen molar-refractivity contribution in [3.63, 3.8) is 0 Å². The quantitative estimate of drug-likeness (QED) is 0.701. The summed E-state index contributed by atoms with van der Waals surface area (Å²) in [5.74, 6) is 0.431. The molecule has 1 aliphatic carbocycles. The number of amides is 1. The minimum atomic E-state index is 0.0183. The summed E-state index contributed by atoms with van der Waals surface area (Å²) in [6.45, 7) is 4.22. The van der Waals surface area contributed by atoms with E-state index in [4.69, 9.17) is 0 Å². The van der Waals surface area contributed by atoms with Crippen molar-refractivity contribution in [1.29, 1.82) is 0 Å². The molecule has 0 radical (unpaired) electrons. The average Bonchev–Trinajstić information content (AvgIpc) is 2.82. The Hall–Kier alpha value is -0.570. The highest BCUT2D eigenvalue weighted by atomic mass is 16.2. The average molecular weight is 208 g/mol. The molecule has 0 aromatic carbocycles. The number of hydrogen-bond donors (Lipinski definition) is 1. The molecule has 3 heteroatoms. The second kappa shape index (κ2) is 3.21. The van der Waals surface area contributed by atoms with Crippen LogP contribution in [-0.4, -0.2) is 36.0 Å². The maximum absolute atomic E-state index is 12.3. The van der Waals surface area contributed by atoms with Gasteiger partial charge in [0.05, 0.1) is 0 Å². The number of likely N-dealkylation sites (tertiary alicyclic amines) is 1. The number of nitrogens with zero attached hydrogens (tertiary/aromatic N) is 1. The van der Waals surface area contributed by atoms with E-state index in [2.05, 4.69) is 17.1 Å². The first kappa shape index (κ1) is 9.64. The molecule has 0 aromatic heterocycles. The Kier molecular flexibility index (Phi) is 2.06. The molecule has 2 unspecified atom stereocenters. The third-order valence-electron chi connectivity index (χ3n) is 4.40. The first-order chi connectivity index (χ1) is 7.21. The fourth-order valence-electron chi connectivity index (χ4n) is 3.07. The highest BCUT2D eigenvalue weighted by Crippen LogP contribution is 2.47. The smallest absolute Gasteiger partial charge is 0.228 e. The Morgan fingerprint density at radius 3 is 2.93 bits per heavy atom. The summed E-state index contributed by atoms with van der Waals surface area (Å²) in [5, 5.41) is 3.52. The zero-order valence-electron chi connectivity index (χ0n) is 9.46. The van der Waals surface area contributed by atoms with Crippen LogP contribution in [-0.2, 0) is 4.79 Å². The molecular formula is C12H20N2O. The van der Waals surface area contributed by atoms with Crippen molar-refractivity contribution in [2.24, 2.45) is 5.41 Å². The Morgan fingerprint density at radius 1 is 1.40 bits per heavy atom. The second-order valence-corrected chi connectivity index (χ2v) is 5.62. The maximum Gasteiger partial charge on any atom is 0.228 e. The number of nitrogens with one attached hydrogen (secondary N) is 1. The second-order valence-electron chi connectivity index (χ2n) is 5.62. The van der Waals surface area contributed by atoms with Gasteiger partial charge in [-0.3, -0.25) is 4.79 Å². The molecule has 0 bridgehead atoms. The van der Waals surface area contributed by atoms with E-state index in [1.54, 1.807) is 0 Å². The van der Waals surface area contributed by atoms with Gasteiger partial charge in [-0.25, -0.2) is 0 Å². The Labute approximate surface area is 91.2 Å². The van der Waals surface area contributed by atoms with Crippen molar-refractivity contribution in [2.45, 2.75) is 51.1 Å². The first-order valence-electron chi connectivity index (χ1n) is 6.25. The van der Waals surface area contributed by atoms with Gasteiger partial charge in [0.1, 0.15) is 0 Å². The van der Waals surface area contributed by atoms with E-state index < -0.39 is 0 Å². The van der Waals surface area contributed by atoms with Crippen LogP contribution in [0.3, 0.4) is 0 Å². The molecule has 3 aliphatic rings. The summed E-state index contributed by atoms with van der Waals surface area (Å²) in [5.41, 5.74) is 0.0183. The van der Waals surface area contributed by atoms with Crippen LogP contribution in [0.1, 0.15) is 39.0 Å². The molecule has 0 aromatic rings. The molecule has 3 fully saturated rings. The number of piperidine rings is 1. The molecule has 2 heterocycles. The van der Waals surface area contributed by atoms with E-state index in [-0.39, 0.29) is 5.41 Å². The van der Waals surface area contributed by atoms with Crippen LogP contribution < -0.4 is 5.32 Å². The van der Waals surface area contributed by atoms with Crippen molar-refractivity contribution in [3.05, 3.63) is 0 Å². The van der Waals surface area contributed by atoms with Crippen molar-refractivity contribution < 1.29 is 4.79 Å². The van der Waals surface area contributed by atoms with Gasteiger partial charge in [-0.05, 0) is 38.6 Å². The number of carbonyl (C=O) groups excluding carboxylic acids is 1. The Morgan fingerprint density at radius 2 is 2.20 bits per heavy atom. The predicted octanol–water partition coefficient (Wildman–Crippen LogP) is 1.14. The third kappa shape index (κ3) is 1.48. The van der Waals surface area contributed by atoms with Crippen molar-refractivity contribution in [2.75, 3.05) is 13.1 Å². The summed E-state index contributed by atoms with van der Waals surface area (Å²) < 4.78 is 0. The summed E-state index contributed by atoms with van der Waals surface area (Å²) in [6.07, 6.45) is 5.80. The van der Waals surface area contributed by atoms with Gasteiger partial charge in [0, 0.05) is 24.0 Å². The van der Waals surface area contributed by atoms with Gasteiger partial charge in [-0.1, -0.05) is 6.92 Å². The van der Waals surface area contributed by atoms with E-state index >= 15 is 0 Å². The van der Waals surface area contributed by atoms with Crippen LogP contribution in [0, 0.1) is 5.41 Å². The molecule has 15 heavy (non-hydrogen) atoms. The van der Waals surface area contributed by atoms with Gasteiger partial charge in [-0.2, -0.15) is 0 Å². The molecule has 3 rings (SSSR count). The standard InChI is InChI=1S/C12H20N2O/c1-12(5-6-12)11(15)14-8-2-3-9-10(14)4-7-13-9/h9-10,13H,2-8H2,1H3. The van der Waals surface area contributed by atoms with Gasteiger partial charge < -0.3 is 10.2 Å². The van der Waals surface area contributed by atoms with Crippen LogP contribution in [0.15, 0.2) is 0 Å². The van der Waals surface area contributed by atoms with Crippen LogP contribution in [0.5, 0.6) is 0 Å². The molecule has 0 spiro atoms. The van der Waals surface area contributed by atoms with Crippen LogP contribution in [0.2, 0.25) is 0 Å². The summed E-state index contributed by atoms with van der Waals surface area (Å²) in [6, 6.07) is 1.09. The molecule has 2 aliphatic heterocycles. The molecule has 1 amide bonds. The minimum absolute atomic E-state index is 0.0183. The van der Waals surface area contributed by atoms with Gasteiger partial charge >= 0.3 is 0 Å². The van der Waals surface area contributed by atoms with E-state index in [0.717, 1.165) is 32.4 Å². The topological polar surface area (TPSA) is 32.3 Å². The van der Waals surface area contributed by atoms with Crippen LogP contribution in [0.25, 0.3) is 0 Å². The minimum Gasteiger partial charge on any atom is -0.338 e. The normalized spacial score (nSPS) is 37.5. The van der Waals surface area contributed by atoms with Gasteiger partial charge in [0.25, 0.3) is 0 Å². The largest absolute Gasteiger partial charge is 0.338 e. The molecule has 2 saturated heterocycles. The number of rotatable bonds is 1. The summed E-state index contributed by atoms with van der Waals surface area (Å²) in [4.78, 5) is 14.5. The van der Waals surface area contributed by atoms with Crippen LogP contribution >= 0.6 is 0 Å². The number of hydrogen-bond acceptors (Lipinski definition) is 2. The van der Waals surface area contributed by atoms with E-state index in [1.165, 1.54) is 12.8 Å². The fraction of sp³-hybridized carbons (Fsp3) is 0.917. The zero-order valence-corrected chi connectivity index (χ0v) is 9.46. The molecule has 1 N–H and O–H groups in total. The molecule has 3 nitrogen and oxygen atoms in total. The van der Waals surface area contributed by atoms with Gasteiger partial charge in [0.2, 0.25) is 5.91 Å². The number of carbonyl (C=O) groups is 1. The fourth-order valence-corrected chi connectivity index (χ4v) is 3.07. The number of fused-ring (bicyclic) bond motifs is 1. The first-order valence-corrected chi connectivity index (χ1v) is 6.25. The highest BCUT2D eigenvalue weighted by Gasteiger charge is 2.50. The SMILES string of the molecule is CC1(C(=O)N2CCCC3NCCC32)CC1. The molecular weight excluding hydrogens is 188 g/mol. The van der Waals surface area contributed by atoms with E-state index in [1.807, 2.05) is 0 Å². The van der Waals surface area contributed by atoms with Crippen molar-refractivity contribution in [3.8, 4) is 0 Å². The maximum atomic E-state index is 12.3. The summed E-state index contributed by atoms with van der Waals surface area (Å²) >= 11 is 0. The van der Waals surface area contributed by atoms with Gasteiger partial charge in [-0.15, -0.1) is 0 Å². The predicted molar refractivity (Wildman–Crippen MR) is 58.5 cm³/mol. The van der Waals surface area contributed by atoms with E-state index in [0.29, 0.717) is 18.0 Å². The molecule has 84 valence electrons. The zero-order chi connectivity index (χ0) is 10.5. The Bertz CT molecular complexity index is 285.